The molecule has 82 valence electrons. The summed E-state index contributed by atoms with van der Waals surface area (Å²) < 4.78 is 6.86. The van der Waals surface area contributed by atoms with E-state index in [0.29, 0.717) is 5.92 Å². The van der Waals surface area contributed by atoms with Gasteiger partial charge in [-0.1, -0.05) is 28.9 Å². The minimum atomic E-state index is 0.274. The minimum Gasteiger partial charge on any atom is -0.376 e. The van der Waals surface area contributed by atoms with Crippen LogP contribution >= 0.6 is 15.9 Å². The third-order valence-corrected chi connectivity index (χ3v) is 4.58. The van der Waals surface area contributed by atoms with Crippen LogP contribution in [0.25, 0.3) is 0 Å². The first-order valence-electron chi connectivity index (χ1n) is 5.37. The van der Waals surface area contributed by atoms with Crippen molar-refractivity contribution in [3.05, 3.63) is 32.8 Å². The van der Waals surface area contributed by atoms with E-state index in [-0.39, 0.29) is 6.10 Å². The number of methoxy groups -OCH3 is 1. The molecule has 0 heterocycles. The van der Waals surface area contributed by atoms with E-state index in [4.69, 9.17) is 4.74 Å². The highest BCUT2D eigenvalue weighted by Crippen LogP contribution is 2.43. The van der Waals surface area contributed by atoms with Crippen LogP contribution in [0.2, 0.25) is 0 Å². The largest absolute Gasteiger partial charge is 0.376 e. The molecular formula is C13H17BrO. The zero-order valence-corrected chi connectivity index (χ0v) is 11.3. The summed E-state index contributed by atoms with van der Waals surface area (Å²) in [4.78, 5) is 0. The highest BCUT2D eigenvalue weighted by atomic mass is 79.9. The molecule has 1 nitrogen and oxygen atoms in total. The zero-order chi connectivity index (χ0) is 11.2. The average molecular weight is 269 g/mol. The molecule has 0 spiro atoms. The van der Waals surface area contributed by atoms with Crippen molar-refractivity contribution in [1.29, 1.82) is 0 Å². The van der Waals surface area contributed by atoms with Gasteiger partial charge in [0.1, 0.15) is 0 Å². The lowest BCUT2D eigenvalue weighted by Crippen LogP contribution is -2.05. The molecule has 1 aliphatic carbocycles. The molecule has 0 aromatic heterocycles. The number of aryl methyl sites for hydroxylation is 1. The normalized spacial score (nSPS) is 24.3. The van der Waals surface area contributed by atoms with Crippen LogP contribution in [0.1, 0.15) is 35.3 Å². The molecule has 0 saturated carbocycles. The lowest BCUT2D eigenvalue weighted by atomic mass is 10.0. The molecule has 2 rings (SSSR count). The number of hydrogen-bond acceptors (Lipinski definition) is 1. The van der Waals surface area contributed by atoms with Crippen LogP contribution in [0.5, 0.6) is 0 Å². The second kappa shape index (κ2) is 3.91. The van der Waals surface area contributed by atoms with Gasteiger partial charge in [0, 0.05) is 11.6 Å². The molecule has 2 atom stereocenters. The summed E-state index contributed by atoms with van der Waals surface area (Å²) in [6, 6.07) is 2.28. The maximum Gasteiger partial charge on any atom is 0.0852 e. The number of benzene rings is 1. The maximum absolute atomic E-state index is 5.58. The molecule has 0 N–H and O–H groups in total. The fourth-order valence-corrected chi connectivity index (χ4v) is 3.21. The van der Waals surface area contributed by atoms with E-state index in [1.807, 2.05) is 0 Å². The van der Waals surface area contributed by atoms with Crippen LogP contribution in [-0.2, 0) is 11.2 Å². The van der Waals surface area contributed by atoms with Crippen LogP contribution in [0.3, 0.4) is 0 Å². The van der Waals surface area contributed by atoms with E-state index in [2.05, 4.69) is 42.8 Å². The number of hydrogen-bond donors (Lipinski definition) is 0. The molecule has 0 fully saturated rings. The van der Waals surface area contributed by atoms with E-state index in [9.17, 15) is 0 Å². The Hall–Kier alpha value is -0.340. The highest BCUT2D eigenvalue weighted by molar-refractivity contribution is 9.10. The fourth-order valence-electron chi connectivity index (χ4n) is 2.51. The number of fused-ring (bicyclic) bond motifs is 1. The van der Waals surface area contributed by atoms with Gasteiger partial charge in [-0.3, -0.25) is 0 Å². The number of rotatable bonds is 1. The predicted molar refractivity (Wildman–Crippen MR) is 66.2 cm³/mol. The SMILES string of the molecule is COC1c2cc(C)c(C)c(Br)c2CC1C. The summed E-state index contributed by atoms with van der Waals surface area (Å²) >= 11 is 3.71. The molecule has 1 aromatic carbocycles. The van der Waals surface area contributed by atoms with Crippen LogP contribution < -0.4 is 0 Å². The number of ether oxygens (including phenoxy) is 1. The van der Waals surface area contributed by atoms with Crippen molar-refractivity contribution >= 4 is 15.9 Å². The Kier molecular flexibility index (Phi) is 2.91. The van der Waals surface area contributed by atoms with Gasteiger partial charge in [-0.25, -0.2) is 0 Å². The lowest BCUT2D eigenvalue weighted by molar-refractivity contribution is 0.0695. The molecule has 2 heteroatoms. The van der Waals surface area contributed by atoms with Crippen LogP contribution in [0.15, 0.2) is 10.5 Å². The summed E-state index contributed by atoms with van der Waals surface area (Å²) in [6.45, 7) is 6.59. The van der Waals surface area contributed by atoms with Crippen molar-refractivity contribution in [2.45, 2.75) is 33.3 Å². The average Bonchev–Trinajstić information content (AvgIpc) is 2.51. The van der Waals surface area contributed by atoms with Gasteiger partial charge in [-0.05, 0) is 48.4 Å². The van der Waals surface area contributed by atoms with E-state index >= 15 is 0 Å². The molecule has 1 aromatic rings. The van der Waals surface area contributed by atoms with Crippen LogP contribution in [-0.4, -0.2) is 7.11 Å². The van der Waals surface area contributed by atoms with Gasteiger partial charge in [0.2, 0.25) is 0 Å². The molecule has 15 heavy (non-hydrogen) atoms. The lowest BCUT2D eigenvalue weighted by Gasteiger charge is -2.15. The van der Waals surface area contributed by atoms with Gasteiger partial charge in [0.15, 0.2) is 0 Å². The van der Waals surface area contributed by atoms with Crippen molar-refractivity contribution in [3.8, 4) is 0 Å². The first kappa shape index (κ1) is 11.2. The van der Waals surface area contributed by atoms with Gasteiger partial charge in [-0.2, -0.15) is 0 Å². The molecule has 0 bridgehead atoms. The number of halogens is 1. The second-order valence-electron chi connectivity index (χ2n) is 4.54. The van der Waals surface area contributed by atoms with Crippen molar-refractivity contribution in [2.75, 3.05) is 7.11 Å². The molecule has 0 saturated heterocycles. The molecule has 1 aliphatic rings. The third-order valence-electron chi connectivity index (χ3n) is 3.51. The van der Waals surface area contributed by atoms with Crippen molar-refractivity contribution in [2.24, 2.45) is 5.92 Å². The Morgan fingerprint density at radius 2 is 2.07 bits per heavy atom. The monoisotopic (exact) mass is 268 g/mol. The third kappa shape index (κ3) is 1.64. The topological polar surface area (TPSA) is 9.23 Å². The van der Waals surface area contributed by atoms with Gasteiger partial charge < -0.3 is 4.74 Å². The van der Waals surface area contributed by atoms with Crippen molar-refractivity contribution in [3.63, 3.8) is 0 Å². The van der Waals surface area contributed by atoms with Gasteiger partial charge in [-0.15, -0.1) is 0 Å². The van der Waals surface area contributed by atoms with Gasteiger partial charge in [0.05, 0.1) is 6.10 Å². The van der Waals surface area contributed by atoms with E-state index < -0.39 is 0 Å². The van der Waals surface area contributed by atoms with Crippen molar-refractivity contribution in [1.82, 2.24) is 0 Å². The van der Waals surface area contributed by atoms with E-state index in [1.165, 1.54) is 26.7 Å². The van der Waals surface area contributed by atoms with Crippen LogP contribution in [0, 0.1) is 19.8 Å². The first-order valence-corrected chi connectivity index (χ1v) is 6.16. The summed E-state index contributed by atoms with van der Waals surface area (Å²) in [5, 5.41) is 0. The Balaban J connectivity index is 2.59. The van der Waals surface area contributed by atoms with Crippen molar-refractivity contribution < 1.29 is 4.74 Å². The molecule has 0 amide bonds. The quantitative estimate of drug-likeness (QED) is 0.750. The summed E-state index contributed by atoms with van der Waals surface area (Å²) in [5.74, 6) is 0.586. The van der Waals surface area contributed by atoms with Crippen LogP contribution in [0.4, 0.5) is 0 Å². The zero-order valence-electron chi connectivity index (χ0n) is 9.73. The van der Waals surface area contributed by atoms with E-state index in [1.54, 1.807) is 7.11 Å². The standard InChI is InChI=1S/C13H17BrO/c1-7-5-11-10(12(14)9(7)3)6-8(2)13(11)15-4/h5,8,13H,6H2,1-4H3. The fraction of sp³-hybridized carbons (Fsp3) is 0.538. The molecule has 0 aliphatic heterocycles. The van der Waals surface area contributed by atoms with Gasteiger partial charge >= 0.3 is 0 Å². The molecular weight excluding hydrogens is 252 g/mol. The Morgan fingerprint density at radius 1 is 1.40 bits per heavy atom. The first-order chi connectivity index (χ1) is 7.06. The second-order valence-corrected chi connectivity index (χ2v) is 5.33. The Bertz CT molecular complexity index is 398. The molecule has 0 radical (unpaired) electrons. The van der Waals surface area contributed by atoms with Gasteiger partial charge in [0.25, 0.3) is 0 Å². The highest BCUT2D eigenvalue weighted by Gasteiger charge is 2.31. The summed E-state index contributed by atoms with van der Waals surface area (Å²) in [7, 11) is 1.80. The predicted octanol–water partition coefficient (Wildman–Crippen LogP) is 3.95. The Labute approximate surface area is 100.0 Å². The smallest absolute Gasteiger partial charge is 0.0852 e. The summed E-state index contributed by atoms with van der Waals surface area (Å²) in [6.07, 6.45) is 1.39. The minimum absolute atomic E-state index is 0.274. The Morgan fingerprint density at radius 3 is 2.67 bits per heavy atom. The molecule has 2 unspecified atom stereocenters. The summed E-state index contributed by atoms with van der Waals surface area (Å²) in [5.41, 5.74) is 5.52. The maximum atomic E-state index is 5.58. The van der Waals surface area contributed by atoms with E-state index in [0.717, 1.165) is 6.42 Å².